The average Bonchev–Trinajstić information content (AvgIpc) is 2.94. The summed E-state index contributed by atoms with van der Waals surface area (Å²) in [6, 6.07) is 0. The molecule has 0 heterocycles. The standard InChI is InChI=1S/C16H28F3N3O/c1-20-14(22-11-15(23)8-4-5-9-15)21-10-12-6-2-3-7-13(12)16(17,18)19/h12-13,23H,2-11H2,1H3,(H2,20,21,22). The van der Waals surface area contributed by atoms with Gasteiger partial charge in [0.2, 0.25) is 0 Å². The van der Waals surface area contributed by atoms with E-state index in [1.54, 1.807) is 7.05 Å². The first kappa shape index (κ1) is 18.4. The lowest BCUT2D eigenvalue weighted by atomic mass is 9.79. The molecule has 0 bridgehead atoms. The molecule has 2 rings (SSSR count). The first-order valence-electron chi connectivity index (χ1n) is 8.58. The highest BCUT2D eigenvalue weighted by atomic mass is 19.4. The van der Waals surface area contributed by atoms with Crippen LogP contribution >= 0.6 is 0 Å². The van der Waals surface area contributed by atoms with Crippen LogP contribution in [-0.2, 0) is 0 Å². The van der Waals surface area contributed by atoms with Gasteiger partial charge in [-0.05, 0) is 31.6 Å². The normalized spacial score (nSPS) is 28.7. The Kier molecular flexibility index (Phi) is 6.17. The summed E-state index contributed by atoms with van der Waals surface area (Å²) in [4.78, 5) is 4.05. The highest BCUT2D eigenvalue weighted by Crippen LogP contribution is 2.41. The van der Waals surface area contributed by atoms with Crippen molar-refractivity contribution in [3.05, 3.63) is 0 Å². The van der Waals surface area contributed by atoms with Gasteiger partial charge in [0.15, 0.2) is 5.96 Å². The van der Waals surface area contributed by atoms with Crippen LogP contribution in [-0.4, -0.2) is 43.0 Å². The van der Waals surface area contributed by atoms with Gasteiger partial charge < -0.3 is 15.7 Å². The maximum Gasteiger partial charge on any atom is 0.392 e. The van der Waals surface area contributed by atoms with Gasteiger partial charge in [0, 0.05) is 20.1 Å². The zero-order valence-corrected chi connectivity index (χ0v) is 13.8. The van der Waals surface area contributed by atoms with E-state index in [4.69, 9.17) is 0 Å². The molecule has 2 unspecified atom stereocenters. The molecule has 4 nitrogen and oxygen atoms in total. The van der Waals surface area contributed by atoms with Crippen molar-refractivity contribution in [3.63, 3.8) is 0 Å². The molecule has 0 saturated heterocycles. The summed E-state index contributed by atoms with van der Waals surface area (Å²) in [5.41, 5.74) is -0.711. The lowest BCUT2D eigenvalue weighted by Crippen LogP contribution is -2.48. The summed E-state index contributed by atoms with van der Waals surface area (Å²) in [6.45, 7) is 0.655. The van der Waals surface area contributed by atoms with Crippen molar-refractivity contribution in [2.75, 3.05) is 20.1 Å². The maximum absolute atomic E-state index is 13.1. The van der Waals surface area contributed by atoms with E-state index in [1.807, 2.05) is 0 Å². The lowest BCUT2D eigenvalue weighted by Gasteiger charge is -2.33. The summed E-state index contributed by atoms with van der Waals surface area (Å²) in [5, 5.41) is 16.4. The fourth-order valence-corrected chi connectivity index (χ4v) is 3.79. The molecular weight excluding hydrogens is 307 g/mol. The molecule has 2 saturated carbocycles. The number of hydrogen-bond donors (Lipinski definition) is 3. The third-order valence-corrected chi connectivity index (χ3v) is 5.20. The second kappa shape index (κ2) is 7.73. The van der Waals surface area contributed by atoms with Crippen molar-refractivity contribution in [1.82, 2.24) is 10.6 Å². The van der Waals surface area contributed by atoms with Crippen molar-refractivity contribution in [3.8, 4) is 0 Å². The Bertz CT molecular complexity index is 406. The molecule has 7 heteroatoms. The highest BCUT2D eigenvalue weighted by Gasteiger charge is 2.45. The van der Waals surface area contributed by atoms with Gasteiger partial charge in [0.05, 0.1) is 11.5 Å². The zero-order chi connectivity index (χ0) is 16.9. The number of nitrogens with zero attached hydrogens (tertiary/aromatic N) is 1. The number of alkyl halides is 3. The molecule has 3 N–H and O–H groups in total. The Labute approximate surface area is 135 Å². The van der Waals surface area contributed by atoms with Crippen LogP contribution in [0.25, 0.3) is 0 Å². The van der Waals surface area contributed by atoms with Gasteiger partial charge in [-0.25, -0.2) is 0 Å². The molecule has 0 amide bonds. The minimum Gasteiger partial charge on any atom is -0.388 e. The van der Waals surface area contributed by atoms with E-state index >= 15 is 0 Å². The predicted octanol–water partition coefficient (Wildman–Crippen LogP) is 2.83. The first-order chi connectivity index (χ1) is 10.8. The largest absolute Gasteiger partial charge is 0.392 e. The Morgan fingerprint density at radius 3 is 2.39 bits per heavy atom. The summed E-state index contributed by atoms with van der Waals surface area (Å²) >= 11 is 0. The second-order valence-electron chi connectivity index (χ2n) is 6.93. The summed E-state index contributed by atoms with van der Waals surface area (Å²) in [7, 11) is 1.59. The molecule has 2 atom stereocenters. The SMILES string of the molecule is CN=C(NCC1CCCCC1C(F)(F)F)NCC1(O)CCCC1. The number of hydrogen-bond acceptors (Lipinski definition) is 2. The van der Waals surface area contributed by atoms with Gasteiger partial charge in [-0.3, -0.25) is 4.99 Å². The van der Waals surface area contributed by atoms with E-state index in [0.717, 1.165) is 32.1 Å². The van der Waals surface area contributed by atoms with Gasteiger partial charge in [0.1, 0.15) is 0 Å². The minimum atomic E-state index is -4.12. The molecule has 2 aliphatic rings. The smallest absolute Gasteiger partial charge is 0.388 e. The fraction of sp³-hybridized carbons (Fsp3) is 0.938. The monoisotopic (exact) mass is 335 g/mol. The lowest BCUT2D eigenvalue weighted by molar-refractivity contribution is -0.195. The van der Waals surface area contributed by atoms with Crippen LogP contribution in [0.5, 0.6) is 0 Å². The minimum absolute atomic E-state index is 0.224. The molecule has 2 aliphatic carbocycles. The Hall–Kier alpha value is -0.980. The van der Waals surface area contributed by atoms with Gasteiger partial charge in [0.25, 0.3) is 0 Å². The highest BCUT2D eigenvalue weighted by molar-refractivity contribution is 5.79. The number of rotatable bonds is 4. The van der Waals surface area contributed by atoms with Crippen molar-refractivity contribution in [2.45, 2.75) is 63.1 Å². The average molecular weight is 335 g/mol. The van der Waals surface area contributed by atoms with Gasteiger partial charge >= 0.3 is 6.18 Å². The van der Waals surface area contributed by atoms with Crippen LogP contribution in [0.1, 0.15) is 51.4 Å². The number of aliphatic imine (C=N–C) groups is 1. The Balaban J connectivity index is 1.82. The molecule has 0 radical (unpaired) electrons. The van der Waals surface area contributed by atoms with E-state index in [-0.39, 0.29) is 13.0 Å². The zero-order valence-electron chi connectivity index (χ0n) is 13.8. The van der Waals surface area contributed by atoms with Crippen LogP contribution in [0.15, 0.2) is 4.99 Å². The summed E-state index contributed by atoms with van der Waals surface area (Å²) < 4.78 is 39.3. The third-order valence-electron chi connectivity index (χ3n) is 5.20. The maximum atomic E-state index is 13.1. The van der Waals surface area contributed by atoms with Crippen LogP contribution in [0.4, 0.5) is 13.2 Å². The molecule has 0 aromatic rings. The number of halogens is 3. The van der Waals surface area contributed by atoms with Gasteiger partial charge in [-0.1, -0.05) is 25.7 Å². The molecule has 2 fully saturated rings. The molecule has 0 spiro atoms. The van der Waals surface area contributed by atoms with Gasteiger partial charge in [-0.2, -0.15) is 13.2 Å². The van der Waals surface area contributed by atoms with E-state index < -0.39 is 23.6 Å². The van der Waals surface area contributed by atoms with E-state index in [1.165, 1.54) is 0 Å². The van der Waals surface area contributed by atoms with Crippen molar-refractivity contribution >= 4 is 5.96 Å². The molecule has 0 aromatic carbocycles. The third kappa shape index (κ3) is 5.26. The van der Waals surface area contributed by atoms with Crippen LogP contribution < -0.4 is 10.6 Å². The van der Waals surface area contributed by atoms with E-state index in [0.29, 0.717) is 25.3 Å². The van der Waals surface area contributed by atoms with E-state index in [2.05, 4.69) is 15.6 Å². The first-order valence-corrected chi connectivity index (χ1v) is 8.58. The summed E-state index contributed by atoms with van der Waals surface area (Å²) in [5.74, 6) is -1.16. The molecule has 23 heavy (non-hydrogen) atoms. The van der Waals surface area contributed by atoms with E-state index in [9.17, 15) is 18.3 Å². The van der Waals surface area contributed by atoms with Crippen molar-refractivity contribution in [2.24, 2.45) is 16.8 Å². The number of guanidine groups is 1. The predicted molar refractivity (Wildman–Crippen MR) is 84.3 cm³/mol. The number of aliphatic hydroxyl groups is 1. The van der Waals surface area contributed by atoms with Crippen molar-refractivity contribution in [1.29, 1.82) is 0 Å². The van der Waals surface area contributed by atoms with Crippen LogP contribution in [0.2, 0.25) is 0 Å². The fourth-order valence-electron chi connectivity index (χ4n) is 3.79. The Morgan fingerprint density at radius 1 is 1.13 bits per heavy atom. The Morgan fingerprint density at radius 2 is 1.78 bits per heavy atom. The number of nitrogens with one attached hydrogen (secondary N) is 2. The second-order valence-corrected chi connectivity index (χ2v) is 6.93. The van der Waals surface area contributed by atoms with Crippen LogP contribution in [0, 0.1) is 11.8 Å². The quantitative estimate of drug-likeness (QED) is 0.547. The topological polar surface area (TPSA) is 56.7 Å². The molecular formula is C16H28F3N3O. The molecule has 134 valence electrons. The molecule has 0 aliphatic heterocycles. The summed E-state index contributed by atoms with van der Waals surface area (Å²) in [6.07, 6.45) is 1.75. The molecule has 0 aromatic heterocycles. The van der Waals surface area contributed by atoms with Gasteiger partial charge in [-0.15, -0.1) is 0 Å². The van der Waals surface area contributed by atoms with Crippen molar-refractivity contribution < 1.29 is 18.3 Å². The van der Waals surface area contributed by atoms with Crippen LogP contribution in [0.3, 0.4) is 0 Å².